The predicted molar refractivity (Wildman–Crippen MR) is 126 cm³/mol. The Bertz CT molecular complexity index is 908. The van der Waals surface area contributed by atoms with Crippen LogP contribution in [0.15, 0.2) is 72.1 Å². The molecular weight excluding hydrogens is 406 g/mol. The van der Waals surface area contributed by atoms with Crippen LogP contribution in [-0.2, 0) is 10.3 Å². The summed E-state index contributed by atoms with van der Waals surface area (Å²) < 4.78 is 11.4. The van der Waals surface area contributed by atoms with Crippen LogP contribution in [0, 0.1) is 0 Å². The Kier molecular flexibility index (Phi) is 7.41. The molecule has 1 N–H and O–H groups in total. The highest BCUT2D eigenvalue weighted by molar-refractivity contribution is 7.10. The van der Waals surface area contributed by atoms with Crippen molar-refractivity contribution >= 4 is 11.3 Å². The van der Waals surface area contributed by atoms with Gasteiger partial charge in [0.15, 0.2) is 0 Å². The standard InChI is InChI=1S/C26H31NO3S/c1-2-24(21-7-4-3-5-8-21)26(28,25-9-6-20-31-25)22-10-12-23(13-11-22)30-19-16-27-14-17-29-18-15-27/h3-13,20,24,28H,2,14-19H2,1H3/t24-,26-/m1/s1. The lowest BCUT2D eigenvalue weighted by Gasteiger charge is -2.36. The molecule has 164 valence electrons. The minimum atomic E-state index is -1.09. The SMILES string of the molecule is CC[C@H](c1ccccc1)[C@](O)(c1ccc(OCCN2CCOCC2)cc1)c1cccs1. The van der Waals surface area contributed by atoms with E-state index >= 15 is 0 Å². The molecule has 31 heavy (non-hydrogen) atoms. The lowest BCUT2D eigenvalue weighted by atomic mass is 9.75. The van der Waals surface area contributed by atoms with E-state index < -0.39 is 5.60 Å². The normalized spacial score (nSPS) is 17.7. The Labute approximate surface area is 189 Å². The zero-order valence-electron chi connectivity index (χ0n) is 18.1. The molecule has 1 fully saturated rings. The molecule has 2 aromatic carbocycles. The number of ether oxygens (including phenoxy) is 2. The lowest BCUT2D eigenvalue weighted by Crippen LogP contribution is -2.38. The molecule has 0 aliphatic carbocycles. The zero-order chi connectivity index (χ0) is 21.5. The molecule has 1 aliphatic rings. The third-order valence-corrected chi connectivity index (χ3v) is 7.08. The number of nitrogens with zero attached hydrogens (tertiary/aromatic N) is 1. The second kappa shape index (κ2) is 10.4. The Morgan fingerprint density at radius 2 is 1.77 bits per heavy atom. The van der Waals surface area contributed by atoms with Crippen LogP contribution in [0.5, 0.6) is 5.75 Å². The molecule has 0 radical (unpaired) electrons. The smallest absolute Gasteiger partial charge is 0.130 e. The van der Waals surface area contributed by atoms with Gasteiger partial charge in [-0.15, -0.1) is 11.3 Å². The van der Waals surface area contributed by atoms with E-state index in [2.05, 4.69) is 24.0 Å². The van der Waals surface area contributed by atoms with Gasteiger partial charge in [0.05, 0.1) is 13.2 Å². The van der Waals surface area contributed by atoms with Crippen molar-refractivity contribution in [1.29, 1.82) is 0 Å². The first-order valence-corrected chi connectivity index (χ1v) is 11.9. The van der Waals surface area contributed by atoms with Gasteiger partial charge in [0, 0.05) is 30.4 Å². The highest BCUT2D eigenvalue weighted by Gasteiger charge is 2.41. The van der Waals surface area contributed by atoms with Crippen molar-refractivity contribution in [3.63, 3.8) is 0 Å². The minimum absolute atomic E-state index is 0.0413. The summed E-state index contributed by atoms with van der Waals surface area (Å²) in [6.07, 6.45) is 0.830. The molecule has 0 unspecified atom stereocenters. The monoisotopic (exact) mass is 437 g/mol. The van der Waals surface area contributed by atoms with Crippen molar-refractivity contribution in [2.75, 3.05) is 39.5 Å². The maximum atomic E-state index is 12.1. The van der Waals surface area contributed by atoms with Crippen molar-refractivity contribution in [3.8, 4) is 5.75 Å². The third kappa shape index (κ3) is 5.01. The third-order valence-electron chi connectivity index (χ3n) is 6.09. The van der Waals surface area contributed by atoms with E-state index in [9.17, 15) is 5.11 Å². The molecule has 0 bridgehead atoms. The van der Waals surface area contributed by atoms with Gasteiger partial charge in [-0.05, 0) is 41.1 Å². The Morgan fingerprint density at radius 1 is 1.03 bits per heavy atom. The second-order valence-electron chi connectivity index (χ2n) is 7.94. The minimum Gasteiger partial charge on any atom is -0.492 e. The molecule has 5 heteroatoms. The average molecular weight is 438 g/mol. The molecule has 2 atom stereocenters. The maximum Gasteiger partial charge on any atom is 0.130 e. The number of rotatable bonds is 9. The number of thiophene rings is 1. The molecule has 4 nitrogen and oxygen atoms in total. The molecule has 0 spiro atoms. The van der Waals surface area contributed by atoms with E-state index in [1.165, 1.54) is 0 Å². The van der Waals surface area contributed by atoms with Gasteiger partial charge in [0.25, 0.3) is 0 Å². The van der Waals surface area contributed by atoms with E-state index in [-0.39, 0.29) is 5.92 Å². The van der Waals surface area contributed by atoms with Gasteiger partial charge >= 0.3 is 0 Å². The summed E-state index contributed by atoms with van der Waals surface area (Å²) in [6.45, 7) is 7.22. The molecule has 1 saturated heterocycles. The molecule has 1 aliphatic heterocycles. The van der Waals surface area contributed by atoms with Gasteiger partial charge in [-0.3, -0.25) is 4.90 Å². The number of hydrogen-bond acceptors (Lipinski definition) is 5. The lowest BCUT2D eigenvalue weighted by molar-refractivity contribution is 0.0322. The van der Waals surface area contributed by atoms with Gasteiger partial charge in [-0.25, -0.2) is 0 Å². The summed E-state index contributed by atoms with van der Waals surface area (Å²) in [5, 5.41) is 14.2. The van der Waals surface area contributed by atoms with Crippen LogP contribution in [0.1, 0.15) is 35.3 Å². The van der Waals surface area contributed by atoms with E-state index in [4.69, 9.17) is 9.47 Å². The molecule has 0 amide bonds. The first-order valence-electron chi connectivity index (χ1n) is 11.1. The van der Waals surface area contributed by atoms with Crippen LogP contribution in [0.4, 0.5) is 0 Å². The van der Waals surface area contributed by atoms with Crippen molar-refractivity contribution in [1.82, 2.24) is 4.90 Å². The Morgan fingerprint density at radius 3 is 2.42 bits per heavy atom. The molecule has 0 saturated carbocycles. The van der Waals surface area contributed by atoms with Crippen LogP contribution in [0.2, 0.25) is 0 Å². The topological polar surface area (TPSA) is 41.9 Å². The number of hydrogen-bond donors (Lipinski definition) is 1. The van der Waals surface area contributed by atoms with Crippen LogP contribution in [0.25, 0.3) is 0 Å². The first kappa shape index (κ1) is 22.0. The van der Waals surface area contributed by atoms with Crippen molar-refractivity contribution < 1.29 is 14.6 Å². The average Bonchev–Trinajstić information content (AvgIpc) is 3.37. The molecule has 3 aromatic rings. The van der Waals surface area contributed by atoms with E-state index in [0.29, 0.717) is 6.61 Å². The highest BCUT2D eigenvalue weighted by Crippen LogP contribution is 2.46. The van der Waals surface area contributed by atoms with Crippen molar-refractivity contribution in [3.05, 3.63) is 88.1 Å². The fourth-order valence-electron chi connectivity index (χ4n) is 4.39. The van der Waals surface area contributed by atoms with Crippen LogP contribution < -0.4 is 4.74 Å². The van der Waals surface area contributed by atoms with Gasteiger partial charge in [-0.1, -0.05) is 55.5 Å². The summed E-state index contributed by atoms with van der Waals surface area (Å²) in [5.41, 5.74) is 0.953. The van der Waals surface area contributed by atoms with Gasteiger partial charge < -0.3 is 14.6 Å². The van der Waals surface area contributed by atoms with Crippen molar-refractivity contribution in [2.45, 2.75) is 24.9 Å². The molecule has 4 rings (SSSR count). The van der Waals surface area contributed by atoms with E-state index in [1.807, 2.05) is 60.0 Å². The summed E-state index contributed by atoms with van der Waals surface area (Å²) in [6, 6.07) is 22.3. The quantitative estimate of drug-likeness (QED) is 0.518. The summed E-state index contributed by atoms with van der Waals surface area (Å²) in [4.78, 5) is 3.32. The number of aliphatic hydroxyl groups is 1. The van der Waals surface area contributed by atoms with Gasteiger partial charge in [0.1, 0.15) is 18.0 Å². The van der Waals surface area contributed by atoms with Gasteiger partial charge in [-0.2, -0.15) is 0 Å². The summed E-state index contributed by atoms with van der Waals surface area (Å²) in [7, 11) is 0. The molecule has 1 aromatic heterocycles. The number of benzene rings is 2. The van der Waals surface area contributed by atoms with Crippen LogP contribution in [0.3, 0.4) is 0 Å². The first-order chi connectivity index (χ1) is 15.2. The molecular formula is C26H31NO3S. The predicted octanol–water partition coefficient (Wildman–Crippen LogP) is 4.89. The fourth-order valence-corrected chi connectivity index (χ4v) is 5.29. The summed E-state index contributed by atoms with van der Waals surface area (Å²) in [5.74, 6) is 0.790. The van der Waals surface area contributed by atoms with Crippen molar-refractivity contribution in [2.24, 2.45) is 0 Å². The Balaban J connectivity index is 1.53. The van der Waals surface area contributed by atoms with E-state index in [1.54, 1.807) is 11.3 Å². The largest absolute Gasteiger partial charge is 0.492 e. The fraction of sp³-hybridized carbons (Fsp3) is 0.385. The Hall–Kier alpha value is -2.18. The van der Waals surface area contributed by atoms with E-state index in [0.717, 1.165) is 61.0 Å². The second-order valence-corrected chi connectivity index (χ2v) is 8.89. The number of morpholine rings is 1. The zero-order valence-corrected chi connectivity index (χ0v) is 18.9. The van der Waals surface area contributed by atoms with Crippen LogP contribution in [-0.4, -0.2) is 49.5 Å². The maximum absolute atomic E-state index is 12.1. The van der Waals surface area contributed by atoms with Gasteiger partial charge in [0.2, 0.25) is 0 Å². The summed E-state index contributed by atoms with van der Waals surface area (Å²) >= 11 is 1.60. The van der Waals surface area contributed by atoms with Crippen LogP contribution >= 0.6 is 11.3 Å². The highest BCUT2D eigenvalue weighted by atomic mass is 32.1. The molecule has 2 heterocycles.